The highest BCUT2D eigenvalue weighted by Gasteiger charge is 2.32. The van der Waals surface area contributed by atoms with E-state index in [1.54, 1.807) is 0 Å². The fourth-order valence-electron chi connectivity index (χ4n) is 3.47. The number of rotatable bonds is 4. The molecular formula is C16H24ClN3O. The molecule has 2 unspecified atom stereocenters. The van der Waals surface area contributed by atoms with Gasteiger partial charge >= 0.3 is 0 Å². The molecule has 0 spiro atoms. The monoisotopic (exact) mass is 309 g/mol. The first-order chi connectivity index (χ1) is 10.3. The Morgan fingerprint density at radius 2 is 1.90 bits per heavy atom. The standard InChI is InChI=1S/C16H24ClN3O/c17-14-3-1-13(2-4-14)16(11-18)20-6-5-15(12-20)19-7-9-21-10-8-19/h1-4,15-16H,5-12,18H2. The van der Waals surface area contributed by atoms with E-state index in [1.807, 2.05) is 12.1 Å². The molecule has 1 aromatic carbocycles. The third-order valence-corrected chi connectivity index (χ3v) is 4.93. The van der Waals surface area contributed by atoms with E-state index in [0.717, 1.165) is 44.4 Å². The van der Waals surface area contributed by atoms with E-state index in [2.05, 4.69) is 21.9 Å². The van der Waals surface area contributed by atoms with Crippen molar-refractivity contribution in [3.8, 4) is 0 Å². The minimum Gasteiger partial charge on any atom is -0.379 e. The lowest BCUT2D eigenvalue weighted by Gasteiger charge is -2.33. The zero-order valence-electron chi connectivity index (χ0n) is 12.4. The molecule has 21 heavy (non-hydrogen) atoms. The van der Waals surface area contributed by atoms with Crippen molar-refractivity contribution in [2.75, 3.05) is 45.9 Å². The van der Waals surface area contributed by atoms with Crippen molar-refractivity contribution in [2.24, 2.45) is 5.73 Å². The van der Waals surface area contributed by atoms with Crippen LogP contribution in [0, 0.1) is 0 Å². The summed E-state index contributed by atoms with van der Waals surface area (Å²) in [6, 6.07) is 9.05. The number of hydrogen-bond acceptors (Lipinski definition) is 4. The topological polar surface area (TPSA) is 41.7 Å². The number of hydrogen-bond donors (Lipinski definition) is 1. The van der Waals surface area contributed by atoms with Gasteiger partial charge in [0.05, 0.1) is 13.2 Å². The molecule has 2 N–H and O–H groups in total. The minimum atomic E-state index is 0.299. The molecule has 2 aliphatic rings. The predicted octanol–water partition coefficient (Wildman–Crippen LogP) is 1.75. The van der Waals surface area contributed by atoms with Crippen molar-refractivity contribution in [3.63, 3.8) is 0 Å². The van der Waals surface area contributed by atoms with Crippen LogP contribution in [0.5, 0.6) is 0 Å². The molecule has 0 radical (unpaired) electrons. The van der Waals surface area contributed by atoms with Crippen molar-refractivity contribution in [3.05, 3.63) is 34.9 Å². The zero-order chi connectivity index (χ0) is 14.7. The van der Waals surface area contributed by atoms with Crippen LogP contribution in [0.25, 0.3) is 0 Å². The summed E-state index contributed by atoms with van der Waals surface area (Å²) in [4.78, 5) is 5.09. The van der Waals surface area contributed by atoms with Gasteiger partial charge in [0.15, 0.2) is 0 Å². The second kappa shape index (κ2) is 7.07. The second-order valence-corrected chi connectivity index (χ2v) is 6.33. The van der Waals surface area contributed by atoms with E-state index < -0.39 is 0 Å². The smallest absolute Gasteiger partial charge is 0.0594 e. The zero-order valence-corrected chi connectivity index (χ0v) is 13.1. The molecule has 0 bridgehead atoms. The van der Waals surface area contributed by atoms with Crippen molar-refractivity contribution in [1.29, 1.82) is 0 Å². The number of nitrogens with two attached hydrogens (primary N) is 1. The Bertz CT molecular complexity index is 447. The van der Waals surface area contributed by atoms with Gasteiger partial charge in [0, 0.05) is 49.8 Å². The van der Waals surface area contributed by atoms with Crippen LogP contribution in [0.1, 0.15) is 18.0 Å². The van der Waals surface area contributed by atoms with Gasteiger partial charge in [0.2, 0.25) is 0 Å². The normalized spacial score (nSPS) is 26.1. The largest absolute Gasteiger partial charge is 0.379 e. The van der Waals surface area contributed by atoms with E-state index in [0.29, 0.717) is 18.6 Å². The quantitative estimate of drug-likeness (QED) is 0.920. The third kappa shape index (κ3) is 3.58. The van der Waals surface area contributed by atoms with Crippen LogP contribution in [0.3, 0.4) is 0 Å². The molecule has 2 fully saturated rings. The summed E-state index contributed by atoms with van der Waals surface area (Å²) in [5.74, 6) is 0. The molecule has 5 heteroatoms. The van der Waals surface area contributed by atoms with Crippen molar-refractivity contribution >= 4 is 11.6 Å². The Labute approximate surface area is 131 Å². The van der Waals surface area contributed by atoms with Crippen LogP contribution in [0.4, 0.5) is 0 Å². The van der Waals surface area contributed by atoms with Gasteiger partial charge in [-0.1, -0.05) is 23.7 Å². The molecule has 2 saturated heterocycles. The molecule has 0 aromatic heterocycles. The van der Waals surface area contributed by atoms with E-state index >= 15 is 0 Å². The molecular weight excluding hydrogens is 286 g/mol. The van der Waals surface area contributed by atoms with E-state index in [9.17, 15) is 0 Å². The summed E-state index contributed by atoms with van der Waals surface area (Å²) in [6.45, 7) is 6.73. The van der Waals surface area contributed by atoms with Gasteiger partial charge < -0.3 is 10.5 Å². The van der Waals surface area contributed by atoms with Gasteiger partial charge in [-0.2, -0.15) is 0 Å². The molecule has 0 saturated carbocycles. The van der Waals surface area contributed by atoms with Gasteiger partial charge in [-0.25, -0.2) is 0 Å². The number of halogens is 1. The van der Waals surface area contributed by atoms with Crippen LogP contribution in [-0.2, 0) is 4.74 Å². The fraction of sp³-hybridized carbons (Fsp3) is 0.625. The molecule has 4 nitrogen and oxygen atoms in total. The summed E-state index contributed by atoms with van der Waals surface area (Å²) < 4.78 is 5.45. The summed E-state index contributed by atoms with van der Waals surface area (Å²) in [5.41, 5.74) is 7.31. The number of benzene rings is 1. The van der Waals surface area contributed by atoms with Crippen LogP contribution in [0.2, 0.25) is 5.02 Å². The number of likely N-dealkylation sites (tertiary alicyclic amines) is 1. The molecule has 0 aliphatic carbocycles. The van der Waals surface area contributed by atoms with Gasteiger partial charge in [0.1, 0.15) is 0 Å². The highest BCUT2D eigenvalue weighted by molar-refractivity contribution is 6.30. The maximum absolute atomic E-state index is 6.04. The van der Waals surface area contributed by atoms with Gasteiger partial charge in [-0.15, -0.1) is 0 Å². The number of nitrogens with zero attached hydrogens (tertiary/aromatic N) is 2. The average molecular weight is 310 g/mol. The summed E-state index contributed by atoms with van der Waals surface area (Å²) in [5, 5.41) is 0.780. The molecule has 2 heterocycles. The molecule has 116 valence electrons. The molecule has 2 atom stereocenters. The first-order valence-corrected chi connectivity index (χ1v) is 8.17. The van der Waals surface area contributed by atoms with Crippen LogP contribution < -0.4 is 5.73 Å². The molecule has 2 aliphatic heterocycles. The highest BCUT2D eigenvalue weighted by Crippen LogP contribution is 2.27. The number of morpholine rings is 1. The lowest BCUT2D eigenvalue weighted by molar-refractivity contribution is 0.0176. The Morgan fingerprint density at radius 3 is 2.57 bits per heavy atom. The number of ether oxygens (including phenoxy) is 1. The first kappa shape index (κ1) is 15.3. The summed E-state index contributed by atoms with van der Waals surface area (Å²) in [6.07, 6.45) is 1.23. The Morgan fingerprint density at radius 1 is 1.19 bits per heavy atom. The maximum atomic E-state index is 6.04. The maximum Gasteiger partial charge on any atom is 0.0594 e. The minimum absolute atomic E-state index is 0.299. The average Bonchev–Trinajstić information content (AvgIpc) is 3.00. The SMILES string of the molecule is NCC(c1ccc(Cl)cc1)N1CCC(N2CCOCC2)C1. The Hall–Kier alpha value is -0.650. The van der Waals surface area contributed by atoms with E-state index in [-0.39, 0.29) is 0 Å². The van der Waals surface area contributed by atoms with Gasteiger partial charge in [0.25, 0.3) is 0 Å². The molecule has 0 amide bonds. The lowest BCUT2D eigenvalue weighted by Crippen LogP contribution is -2.45. The predicted molar refractivity (Wildman–Crippen MR) is 85.6 cm³/mol. The van der Waals surface area contributed by atoms with Crippen molar-refractivity contribution in [2.45, 2.75) is 18.5 Å². The van der Waals surface area contributed by atoms with E-state index in [4.69, 9.17) is 22.1 Å². The van der Waals surface area contributed by atoms with Crippen LogP contribution in [0.15, 0.2) is 24.3 Å². The van der Waals surface area contributed by atoms with Crippen molar-refractivity contribution < 1.29 is 4.74 Å². The van der Waals surface area contributed by atoms with Crippen molar-refractivity contribution in [1.82, 2.24) is 9.80 Å². The van der Waals surface area contributed by atoms with Gasteiger partial charge in [-0.05, 0) is 24.1 Å². The van der Waals surface area contributed by atoms with Crippen LogP contribution in [-0.4, -0.2) is 61.8 Å². The molecule has 1 aromatic rings. The van der Waals surface area contributed by atoms with E-state index in [1.165, 1.54) is 12.0 Å². The van der Waals surface area contributed by atoms with Crippen LogP contribution >= 0.6 is 11.6 Å². The Kier molecular flexibility index (Phi) is 5.14. The fourth-order valence-corrected chi connectivity index (χ4v) is 3.60. The lowest BCUT2D eigenvalue weighted by atomic mass is 10.1. The second-order valence-electron chi connectivity index (χ2n) is 5.89. The van der Waals surface area contributed by atoms with Gasteiger partial charge in [-0.3, -0.25) is 9.80 Å². The third-order valence-electron chi connectivity index (χ3n) is 4.68. The summed E-state index contributed by atoms with van der Waals surface area (Å²) >= 11 is 5.98. The molecule has 3 rings (SSSR count). The first-order valence-electron chi connectivity index (χ1n) is 7.79. The highest BCUT2D eigenvalue weighted by atomic mass is 35.5. The summed E-state index contributed by atoms with van der Waals surface area (Å²) in [7, 11) is 0. The Balaban J connectivity index is 1.64.